The van der Waals surface area contributed by atoms with Crippen molar-refractivity contribution < 1.29 is 28.5 Å². The second-order valence-corrected chi connectivity index (χ2v) is 6.78. The quantitative estimate of drug-likeness (QED) is 0.438. The summed E-state index contributed by atoms with van der Waals surface area (Å²) in [6.45, 7) is 5.41. The average molecular weight is 335 g/mol. The van der Waals surface area contributed by atoms with Crippen molar-refractivity contribution in [2.45, 2.75) is 57.4 Å². The van der Waals surface area contributed by atoms with E-state index in [-0.39, 0.29) is 24.0 Å². The highest BCUT2D eigenvalue weighted by atomic mass is 127. The number of hydrogen-bond donors (Lipinski definition) is 0. The molecule has 16 heavy (non-hydrogen) atoms. The molecule has 3 fully saturated rings. The van der Waals surface area contributed by atoms with Crippen molar-refractivity contribution in [2.75, 3.05) is 20.1 Å². The SMILES string of the molecule is CC1CCC23CCCCC2CC[N+]3(C)C1.[I-]. The van der Waals surface area contributed by atoms with Crippen LogP contribution >= 0.6 is 0 Å². The van der Waals surface area contributed by atoms with Gasteiger partial charge in [-0.15, -0.1) is 0 Å². The molecule has 0 aromatic heterocycles. The molecule has 1 aliphatic carbocycles. The molecule has 2 heterocycles. The van der Waals surface area contributed by atoms with E-state index in [2.05, 4.69) is 14.0 Å². The molecule has 2 aliphatic heterocycles. The maximum absolute atomic E-state index is 2.57. The summed E-state index contributed by atoms with van der Waals surface area (Å²) in [5, 5.41) is 0. The minimum absolute atomic E-state index is 0. The molecule has 4 unspecified atom stereocenters. The van der Waals surface area contributed by atoms with Crippen LogP contribution < -0.4 is 24.0 Å². The minimum Gasteiger partial charge on any atom is -1.00 e. The molecule has 1 saturated carbocycles. The number of halogens is 1. The summed E-state index contributed by atoms with van der Waals surface area (Å²) in [7, 11) is 2.57. The minimum atomic E-state index is 0. The maximum atomic E-state index is 2.57. The molecule has 1 nitrogen and oxygen atoms in total. The van der Waals surface area contributed by atoms with Gasteiger partial charge in [-0.25, -0.2) is 0 Å². The maximum Gasteiger partial charge on any atom is 0.102 e. The first-order valence-corrected chi connectivity index (χ1v) is 7.01. The molecule has 0 amide bonds. The summed E-state index contributed by atoms with van der Waals surface area (Å²) in [5.41, 5.74) is 0.741. The van der Waals surface area contributed by atoms with Crippen molar-refractivity contribution >= 4 is 0 Å². The second kappa shape index (κ2) is 4.42. The Hall–Kier alpha value is 0.690. The number of quaternary nitrogens is 1. The van der Waals surface area contributed by atoms with Crippen LogP contribution in [0.4, 0.5) is 0 Å². The first kappa shape index (κ1) is 13.1. The van der Waals surface area contributed by atoms with Crippen LogP contribution in [-0.4, -0.2) is 30.2 Å². The normalized spacial score (nSPS) is 51.4. The fourth-order valence-corrected chi connectivity index (χ4v) is 5.23. The molecular formula is C14H26IN. The van der Waals surface area contributed by atoms with Crippen molar-refractivity contribution in [1.82, 2.24) is 0 Å². The highest BCUT2D eigenvalue weighted by Crippen LogP contribution is 2.54. The zero-order valence-corrected chi connectivity index (χ0v) is 13.0. The molecule has 2 saturated heterocycles. The van der Waals surface area contributed by atoms with E-state index >= 15 is 0 Å². The zero-order chi connectivity index (χ0) is 10.5. The summed E-state index contributed by atoms with van der Waals surface area (Å²) in [6.07, 6.45) is 10.7. The molecule has 0 N–H and O–H groups in total. The predicted octanol–water partition coefficient (Wildman–Crippen LogP) is 0.200. The second-order valence-electron chi connectivity index (χ2n) is 6.78. The number of rotatable bonds is 0. The van der Waals surface area contributed by atoms with Crippen LogP contribution in [0.2, 0.25) is 0 Å². The lowest BCUT2D eigenvalue weighted by Gasteiger charge is -2.55. The molecule has 3 rings (SSSR count). The van der Waals surface area contributed by atoms with E-state index in [1.54, 1.807) is 12.8 Å². The van der Waals surface area contributed by atoms with E-state index in [4.69, 9.17) is 0 Å². The van der Waals surface area contributed by atoms with Crippen molar-refractivity contribution in [2.24, 2.45) is 11.8 Å². The third-order valence-electron chi connectivity index (χ3n) is 6.00. The van der Waals surface area contributed by atoms with Crippen molar-refractivity contribution in [3.63, 3.8) is 0 Å². The summed E-state index contributed by atoms with van der Waals surface area (Å²) < 4.78 is 1.44. The van der Waals surface area contributed by atoms with Crippen molar-refractivity contribution in [1.29, 1.82) is 0 Å². The smallest absolute Gasteiger partial charge is 0.102 e. The van der Waals surface area contributed by atoms with E-state index < -0.39 is 0 Å². The van der Waals surface area contributed by atoms with E-state index in [0.29, 0.717) is 0 Å². The van der Waals surface area contributed by atoms with Gasteiger partial charge in [0.2, 0.25) is 0 Å². The van der Waals surface area contributed by atoms with Gasteiger partial charge in [-0.2, -0.15) is 0 Å². The first-order valence-electron chi connectivity index (χ1n) is 7.01. The van der Waals surface area contributed by atoms with Gasteiger partial charge in [0.25, 0.3) is 0 Å². The molecule has 3 aliphatic rings. The van der Waals surface area contributed by atoms with Crippen LogP contribution in [0, 0.1) is 11.8 Å². The predicted molar refractivity (Wildman–Crippen MR) is 63.6 cm³/mol. The van der Waals surface area contributed by atoms with Gasteiger partial charge in [-0.05, 0) is 19.3 Å². The van der Waals surface area contributed by atoms with Crippen LogP contribution in [0.25, 0.3) is 0 Å². The van der Waals surface area contributed by atoms with Gasteiger partial charge in [0, 0.05) is 31.1 Å². The molecule has 94 valence electrons. The van der Waals surface area contributed by atoms with Crippen LogP contribution in [0.5, 0.6) is 0 Å². The number of hydrogen-bond acceptors (Lipinski definition) is 0. The van der Waals surface area contributed by atoms with Gasteiger partial charge in [0.15, 0.2) is 0 Å². The van der Waals surface area contributed by atoms with Crippen LogP contribution in [0.1, 0.15) is 51.9 Å². The Kier molecular flexibility index (Phi) is 3.62. The molecule has 2 heteroatoms. The lowest BCUT2D eigenvalue weighted by Crippen LogP contribution is -3.00. The molecule has 0 aromatic carbocycles. The van der Waals surface area contributed by atoms with Crippen LogP contribution in [0.15, 0.2) is 0 Å². The van der Waals surface area contributed by atoms with Gasteiger partial charge in [-0.1, -0.05) is 13.3 Å². The molecule has 0 bridgehead atoms. The third-order valence-corrected chi connectivity index (χ3v) is 6.00. The molecule has 0 radical (unpaired) electrons. The standard InChI is InChI=1S/C14H26N.HI/c1-12-6-9-14-8-4-3-5-13(14)7-10-15(14,2)11-12;/h12-13H,3-11H2,1-2H3;1H/q+1;/p-1. The van der Waals surface area contributed by atoms with Gasteiger partial charge in [-0.3, -0.25) is 0 Å². The summed E-state index contributed by atoms with van der Waals surface area (Å²) in [4.78, 5) is 0. The van der Waals surface area contributed by atoms with Gasteiger partial charge < -0.3 is 28.5 Å². The van der Waals surface area contributed by atoms with Crippen LogP contribution in [-0.2, 0) is 0 Å². The fourth-order valence-electron chi connectivity index (χ4n) is 5.23. The van der Waals surface area contributed by atoms with E-state index in [0.717, 1.165) is 17.4 Å². The first-order chi connectivity index (χ1) is 7.16. The highest BCUT2D eigenvalue weighted by molar-refractivity contribution is 4.98. The number of nitrogens with zero attached hydrogens (tertiary/aromatic N) is 1. The lowest BCUT2D eigenvalue weighted by molar-refractivity contribution is -0.958. The van der Waals surface area contributed by atoms with Gasteiger partial charge >= 0.3 is 0 Å². The Morgan fingerprint density at radius 1 is 1.06 bits per heavy atom. The lowest BCUT2D eigenvalue weighted by atomic mass is 9.67. The highest BCUT2D eigenvalue weighted by Gasteiger charge is 2.60. The Bertz CT molecular complexity index is 267. The topological polar surface area (TPSA) is 0 Å². The summed E-state index contributed by atoms with van der Waals surface area (Å²) in [5.74, 6) is 2.06. The molecule has 1 spiro atoms. The molecule has 4 atom stereocenters. The Balaban J connectivity index is 0.000000963. The fraction of sp³-hybridized carbons (Fsp3) is 1.00. The monoisotopic (exact) mass is 335 g/mol. The zero-order valence-electron chi connectivity index (χ0n) is 10.8. The van der Waals surface area contributed by atoms with Crippen LogP contribution in [0.3, 0.4) is 0 Å². The van der Waals surface area contributed by atoms with Crippen molar-refractivity contribution in [3.05, 3.63) is 0 Å². The van der Waals surface area contributed by atoms with Gasteiger partial charge in [0.1, 0.15) is 5.54 Å². The molecule has 0 aromatic rings. The third kappa shape index (κ3) is 1.66. The number of piperidine rings is 1. The summed E-state index contributed by atoms with van der Waals surface area (Å²) in [6, 6.07) is 0. The Labute approximate surface area is 118 Å². The summed E-state index contributed by atoms with van der Waals surface area (Å²) >= 11 is 0. The van der Waals surface area contributed by atoms with E-state index in [9.17, 15) is 0 Å². The average Bonchev–Trinajstić information content (AvgIpc) is 2.52. The van der Waals surface area contributed by atoms with Crippen molar-refractivity contribution in [3.8, 4) is 0 Å². The van der Waals surface area contributed by atoms with Gasteiger partial charge in [0.05, 0.1) is 20.1 Å². The van der Waals surface area contributed by atoms with E-state index in [1.165, 1.54) is 49.7 Å². The Morgan fingerprint density at radius 3 is 2.69 bits per heavy atom. The largest absolute Gasteiger partial charge is 1.00 e. The Morgan fingerprint density at radius 2 is 1.88 bits per heavy atom. The van der Waals surface area contributed by atoms with E-state index in [1.807, 2.05) is 0 Å². The molecular weight excluding hydrogens is 309 g/mol.